The van der Waals surface area contributed by atoms with E-state index in [1.54, 1.807) is 0 Å². The van der Waals surface area contributed by atoms with Gasteiger partial charge in [-0.05, 0) is 19.1 Å². The third kappa shape index (κ3) is 2.01. The van der Waals surface area contributed by atoms with E-state index in [1.165, 1.54) is 13.0 Å². The predicted octanol–water partition coefficient (Wildman–Crippen LogP) is 0.795. The quantitative estimate of drug-likeness (QED) is 0.566. The molecule has 0 aliphatic rings. The summed E-state index contributed by atoms with van der Waals surface area (Å²) in [5.74, 6) is -1.57. The maximum absolute atomic E-state index is 11.0. The lowest BCUT2D eigenvalue weighted by Gasteiger charge is -1.99. The minimum absolute atomic E-state index is 0.0601. The molecule has 0 aromatic carbocycles. The molecule has 1 aromatic heterocycles. The number of carbonyl (C=O) groups excluding carboxylic acids is 2. The lowest BCUT2D eigenvalue weighted by Crippen LogP contribution is -2.06. The number of hydrogen-bond donors (Lipinski definition) is 1. The first kappa shape index (κ1) is 10.0. The number of aromatic carboxylic acids is 1. The van der Waals surface area contributed by atoms with Crippen LogP contribution in [0.5, 0.6) is 0 Å². The summed E-state index contributed by atoms with van der Waals surface area (Å²) in [6, 6.07) is 2.39. The second-order valence-electron chi connectivity index (χ2n) is 2.65. The first-order chi connectivity index (χ1) is 6.54. The van der Waals surface area contributed by atoms with E-state index in [2.05, 4.69) is 4.98 Å². The minimum Gasteiger partial charge on any atom is -0.477 e. The molecule has 5 heteroatoms. The van der Waals surface area contributed by atoms with E-state index >= 15 is 0 Å². The van der Waals surface area contributed by atoms with Gasteiger partial charge in [-0.15, -0.1) is 0 Å². The zero-order valence-electron chi connectivity index (χ0n) is 7.35. The van der Waals surface area contributed by atoms with Crippen LogP contribution in [-0.2, 0) is 0 Å². The summed E-state index contributed by atoms with van der Waals surface area (Å²) in [7, 11) is 0. The summed E-state index contributed by atoms with van der Waals surface area (Å²) in [5.41, 5.74) is -0.200. The summed E-state index contributed by atoms with van der Waals surface area (Å²) >= 11 is 0. The van der Waals surface area contributed by atoms with Crippen molar-refractivity contribution in [1.29, 1.82) is 0 Å². The number of aldehydes is 1. The van der Waals surface area contributed by atoms with Crippen molar-refractivity contribution >= 4 is 18.0 Å². The van der Waals surface area contributed by atoms with Crippen LogP contribution < -0.4 is 0 Å². The van der Waals surface area contributed by atoms with Crippen molar-refractivity contribution < 1.29 is 19.5 Å². The van der Waals surface area contributed by atoms with Crippen LogP contribution in [0.25, 0.3) is 0 Å². The van der Waals surface area contributed by atoms with Crippen LogP contribution in [0, 0.1) is 0 Å². The Bertz CT molecular complexity index is 379. The molecule has 0 atom stereocenters. The molecule has 0 aliphatic heterocycles. The largest absolute Gasteiger partial charge is 0.477 e. The number of aromatic nitrogens is 1. The van der Waals surface area contributed by atoms with Crippen molar-refractivity contribution in [3.8, 4) is 0 Å². The molecule has 0 saturated heterocycles. The van der Waals surface area contributed by atoms with E-state index in [0.29, 0.717) is 6.29 Å². The number of ketones is 1. The van der Waals surface area contributed by atoms with E-state index in [9.17, 15) is 14.4 Å². The van der Waals surface area contributed by atoms with Gasteiger partial charge in [0.05, 0.1) is 0 Å². The SMILES string of the molecule is CC(=O)c1cc(C=O)nc(C(=O)O)c1. The first-order valence-electron chi connectivity index (χ1n) is 3.76. The molecule has 5 nitrogen and oxygen atoms in total. The molecule has 0 saturated carbocycles. The van der Waals surface area contributed by atoms with Crippen molar-refractivity contribution in [1.82, 2.24) is 4.98 Å². The smallest absolute Gasteiger partial charge is 0.354 e. The lowest BCUT2D eigenvalue weighted by molar-refractivity contribution is 0.0690. The number of Topliss-reactive ketones (excluding diaryl/α,β-unsaturated/α-hetero) is 1. The molecular weight excluding hydrogens is 186 g/mol. The van der Waals surface area contributed by atoms with Crippen LogP contribution in [0.15, 0.2) is 12.1 Å². The van der Waals surface area contributed by atoms with Gasteiger partial charge in [0, 0.05) is 5.56 Å². The topological polar surface area (TPSA) is 84.3 Å². The van der Waals surface area contributed by atoms with Gasteiger partial charge in [0.2, 0.25) is 0 Å². The molecule has 0 aliphatic carbocycles. The van der Waals surface area contributed by atoms with Crippen molar-refractivity contribution in [3.63, 3.8) is 0 Å². The van der Waals surface area contributed by atoms with Gasteiger partial charge < -0.3 is 5.11 Å². The van der Waals surface area contributed by atoms with Gasteiger partial charge in [0.1, 0.15) is 11.4 Å². The van der Waals surface area contributed by atoms with Gasteiger partial charge in [-0.3, -0.25) is 9.59 Å². The minimum atomic E-state index is -1.27. The molecule has 0 unspecified atom stereocenters. The number of rotatable bonds is 3. The van der Waals surface area contributed by atoms with Crippen molar-refractivity contribution in [3.05, 3.63) is 29.1 Å². The maximum atomic E-state index is 11.0. The fraction of sp³-hybridized carbons (Fsp3) is 0.111. The molecule has 0 fully saturated rings. The van der Waals surface area contributed by atoms with E-state index in [-0.39, 0.29) is 22.7 Å². The third-order valence-electron chi connectivity index (χ3n) is 1.59. The highest BCUT2D eigenvalue weighted by Crippen LogP contribution is 2.06. The number of carbonyl (C=O) groups is 3. The van der Waals surface area contributed by atoms with Gasteiger partial charge >= 0.3 is 5.97 Å². The highest BCUT2D eigenvalue weighted by atomic mass is 16.4. The van der Waals surface area contributed by atoms with Gasteiger partial charge in [-0.25, -0.2) is 9.78 Å². The molecule has 1 heterocycles. The Balaban J connectivity index is 3.34. The standard InChI is InChI=1S/C9H7NO4/c1-5(12)6-2-7(4-11)10-8(3-6)9(13)14/h2-4H,1H3,(H,13,14). The number of carboxylic acid groups (broad SMARTS) is 1. The van der Waals surface area contributed by atoms with Gasteiger partial charge in [0.25, 0.3) is 0 Å². The molecule has 0 spiro atoms. The average Bonchev–Trinajstić information content (AvgIpc) is 2.16. The fourth-order valence-electron chi connectivity index (χ4n) is 0.925. The molecule has 1 aromatic rings. The van der Waals surface area contributed by atoms with Crippen LogP contribution in [0.4, 0.5) is 0 Å². The summed E-state index contributed by atoms with van der Waals surface area (Å²) in [4.78, 5) is 35.4. The molecule has 0 radical (unpaired) electrons. The maximum Gasteiger partial charge on any atom is 0.354 e. The monoisotopic (exact) mass is 193 g/mol. The Morgan fingerprint density at radius 3 is 2.50 bits per heavy atom. The second kappa shape index (κ2) is 3.78. The van der Waals surface area contributed by atoms with E-state index < -0.39 is 5.97 Å². The molecule has 1 N–H and O–H groups in total. The molecule has 1 rings (SSSR count). The van der Waals surface area contributed by atoms with Crippen LogP contribution in [0.1, 0.15) is 38.3 Å². The molecule has 0 bridgehead atoms. The van der Waals surface area contributed by atoms with Crippen molar-refractivity contribution in [2.45, 2.75) is 6.92 Å². The zero-order valence-corrected chi connectivity index (χ0v) is 7.35. The molecule has 72 valence electrons. The van der Waals surface area contributed by atoms with E-state index in [4.69, 9.17) is 5.11 Å². The Labute approximate surface area is 79.4 Å². The normalized spacial score (nSPS) is 9.50. The van der Waals surface area contributed by atoms with Crippen molar-refractivity contribution in [2.24, 2.45) is 0 Å². The Morgan fingerprint density at radius 2 is 2.07 bits per heavy atom. The Hall–Kier alpha value is -2.04. The van der Waals surface area contributed by atoms with Crippen molar-refractivity contribution in [2.75, 3.05) is 0 Å². The Morgan fingerprint density at radius 1 is 1.43 bits per heavy atom. The zero-order chi connectivity index (χ0) is 10.7. The van der Waals surface area contributed by atoms with Crippen LogP contribution >= 0.6 is 0 Å². The fourth-order valence-corrected chi connectivity index (χ4v) is 0.925. The van der Waals surface area contributed by atoms with Crippen LogP contribution in [0.3, 0.4) is 0 Å². The number of pyridine rings is 1. The Kier molecular flexibility index (Phi) is 2.71. The second-order valence-corrected chi connectivity index (χ2v) is 2.65. The lowest BCUT2D eigenvalue weighted by atomic mass is 10.1. The van der Waals surface area contributed by atoms with Crippen LogP contribution in [0.2, 0.25) is 0 Å². The molecular formula is C9H7NO4. The van der Waals surface area contributed by atoms with E-state index in [1.807, 2.05) is 0 Å². The number of nitrogens with zero attached hydrogens (tertiary/aromatic N) is 1. The number of hydrogen-bond acceptors (Lipinski definition) is 4. The van der Waals surface area contributed by atoms with Crippen LogP contribution in [-0.4, -0.2) is 28.1 Å². The summed E-state index contributed by atoms with van der Waals surface area (Å²) in [5, 5.41) is 8.62. The highest BCUT2D eigenvalue weighted by molar-refractivity contribution is 5.98. The van der Waals surface area contributed by atoms with E-state index in [0.717, 1.165) is 6.07 Å². The summed E-state index contributed by atoms with van der Waals surface area (Å²) in [6.45, 7) is 1.29. The number of carboxylic acids is 1. The van der Waals surface area contributed by atoms with Gasteiger partial charge in [-0.1, -0.05) is 0 Å². The highest BCUT2D eigenvalue weighted by Gasteiger charge is 2.10. The molecule has 0 amide bonds. The third-order valence-corrected chi connectivity index (χ3v) is 1.59. The summed E-state index contributed by atoms with van der Waals surface area (Å²) in [6.07, 6.45) is 0.402. The van der Waals surface area contributed by atoms with Gasteiger partial charge in [-0.2, -0.15) is 0 Å². The summed E-state index contributed by atoms with van der Waals surface area (Å²) < 4.78 is 0. The molecule has 14 heavy (non-hydrogen) atoms. The van der Waals surface area contributed by atoms with Gasteiger partial charge in [0.15, 0.2) is 12.1 Å². The predicted molar refractivity (Wildman–Crippen MR) is 46.6 cm³/mol. The average molecular weight is 193 g/mol. The first-order valence-corrected chi connectivity index (χ1v) is 3.76.